The van der Waals surface area contributed by atoms with E-state index in [0.717, 1.165) is 5.56 Å². The molecule has 5 rings (SSSR count). The van der Waals surface area contributed by atoms with E-state index in [-0.39, 0.29) is 16.8 Å². The molecule has 0 unspecified atom stereocenters. The van der Waals surface area contributed by atoms with Crippen molar-refractivity contribution in [2.75, 3.05) is 7.11 Å². The van der Waals surface area contributed by atoms with Gasteiger partial charge < -0.3 is 19.4 Å². The average Bonchev–Trinajstić information content (AvgIpc) is 3.52. The number of oxazole rings is 1. The van der Waals surface area contributed by atoms with Gasteiger partial charge in [0.2, 0.25) is 5.88 Å². The van der Waals surface area contributed by atoms with Crippen LogP contribution >= 0.6 is 0 Å². The first-order chi connectivity index (χ1) is 17.0. The van der Waals surface area contributed by atoms with E-state index in [0.29, 0.717) is 22.8 Å². The standard InChI is InChI=1S/C27H19FN2O5/c1-34-21-12-6-18(7-13-21)25(31)23-24(17-2-8-19(28)9-3-17)30(27(33)26(23)32)20-10-4-16(5-11-20)22-14-29-15-35-22/h2-15,32-33H,1H3. The summed E-state index contributed by atoms with van der Waals surface area (Å²) in [6.45, 7) is 0. The van der Waals surface area contributed by atoms with Crippen molar-refractivity contribution in [1.29, 1.82) is 0 Å². The Morgan fingerprint density at radius 1 is 0.943 bits per heavy atom. The normalized spacial score (nSPS) is 10.9. The number of carbonyl (C=O) groups is 1. The van der Waals surface area contributed by atoms with E-state index in [1.165, 1.54) is 42.3 Å². The Hall–Kier alpha value is -4.85. The summed E-state index contributed by atoms with van der Waals surface area (Å²) in [5.41, 5.74) is 2.03. The number of halogens is 1. The minimum absolute atomic E-state index is 0.112. The lowest BCUT2D eigenvalue weighted by atomic mass is 9.99. The first kappa shape index (κ1) is 22.0. The summed E-state index contributed by atoms with van der Waals surface area (Å²) in [7, 11) is 1.51. The zero-order valence-electron chi connectivity index (χ0n) is 18.5. The lowest BCUT2D eigenvalue weighted by molar-refractivity contribution is 0.103. The highest BCUT2D eigenvalue weighted by molar-refractivity contribution is 6.15. The van der Waals surface area contributed by atoms with Crippen molar-refractivity contribution in [3.63, 3.8) is 0 Å². The SMILES string of the molecule is COc1ccc(C(=O)c2c(O)c(O)n(-c3ccc(-c4cnco4)cc3)c2-c2ccc(F)cc2)cc1. The van der Waals surface area contributed by atoms with Gasteiger partial charge in [0.1, 0.15) is 11.6 Å². The number of rotatable bonds is 6. The average molecular weight is 470 g/mol. The minimum atomic E-state index is -0.579. The Morgan fingerprint density at radius 3 is 2.20 bits per heavy atom. The van der Waals surface area contributed by atoms with Crippen LogP contribution in [0.5, 0.6) is 17.4 Å². The van der Waals surface area contributed by atoms with E-state index in [2.05, 4.69) is 4.98 Å². The summed E-state index contributed by atoms with van der Waals surface area (Å²) in [5, 5.41) is 21.8. The van der Waals surface area contributed by atoms with Gasteiger partial charge in [-0.15, -0.1) is 0 Å². The highest BCUT2D eigenvalue weighted by Crippen LogP contribution is 2.44. The number of aromatic hydroxyl groups is 2. The molecular formula is C27H19FN2O5. The van der Waals surface area contributed by atoms with E-state index in [4.69, 9.17) is 9.15 Å². The van der Waals surface area contributed by atoms with Crippen molar-refractivity contribution in [2.45, 2.75) is 0 Å². The molecule has 8 heteroatoms. The molecule has 5 aromatic rings. The van der Waals surface area contributed by atoms with Crippen molar-refractivity contribution < 1.29 is 28.6 Å². The highest BCUT2D eigenvalue weighted by Gasteiger charge is 2.30. The first-order valence-electron chi connectivity index (χ1n) is 10.6. The van der Waals surface area contributed by atoms with E-state index < -0.39 is 23.2 Å². The van der Waals surface area contributed by atoms with Gasteiger partial charge in [0.25, 0.3) is 0 Å². The van der Waals surface area contributed by atoms with E-state index in [1.807, 2.05) is 0 Å². The molecule has 2 aromatic heterocycles. The molecule has 0 aliphatic rings. The molecule has 0 atom stereocenters. The summed E-state index contributed by atoms with van der Waals surface area (Å²) >= 11 is 0. The highest BCUT2D eigenvalue weighted by atomic mass is 19.1. The molecule has 0 saturated carbocycles. The number of nitrogens with zero attached hydrogens (tertiary/aromatic N) is 2. The summed E-state index contributed by atoms with van der Waals surface area (Å²) in [5.74, 6) is -0.948. The Morgan fingerprint density at radius 2 is 1.60 bits per heavy atom. The van der Waals surface area contributed by atoms with Crippen LogP contribution in [0.25, 0.3) is 28.3 Å². The van der Waals surface area contributed by atoms with Crippen molar-refractivity contribution in [1.82, 2.24) is 9.55 Å². The summed E-state index contributed by atoms with van der Waals surface area (Å²) in [6, 6.07) is 18.7. The van der Waals surface area contributed by atoms with Gasteiger partial charge in [0.15, 0.2) is 23.7 Å². The third-order valence-electron chi connectivity index (χ3n) is 5.66. The van der Waals surface area contributed by atoms with Gasteiger partial charge in [-0.25, -0.2) is 9.37 Å². The molecule has 0 aliphatic carbocycles. The zero-order valence-corrected chi connectivity index (χ0v) is 18.5. The van der Waals surface area contributed by atoms with Gasteiger partial charge in [0, 0.05) is 16.8 Å². The first-order valence-corrected chi connectivity index (χ1v) is 10.6. The van der Waals surface area contributed by atoms with Crippen molar-refractivity contribution in [3.05, 3.63) is 102 Å². The van der Waals surface area contributed by atoms with E-state index >= 15 is 0 Å². The fourth-order valence-electron chi connectivity index (χ4n) is 3.92. The van der Waals surface area contributed by atoms with Gasteiger partial charge in [-0.05, 0) is 78.4 Å². The number of aromatic nitrogens is 2. The number of ketones is 1. The number of methoxy groups -OCH3 is 1. The Kier molecular flexibility index (Phi) is 5.54. The predicted molar refractivity (Wildman–Crippen MR) is 126 cm³/mol. The maximum absolute atomic E-state index is 13.7. The van der Waals surface area contributed by atoms with Gasteiger partial charge in [-0.1, -0.05) is 0 Å². The second kappa shape index (κ2) is 8.83. The zero-order chi connectivity index (χ0) is 24.5. The molecule has 7 nitrogen and oxygen atoms in total. The molecule has 0 aliphatic heterocycles. The van der Waals surface area contributed by atoms with Crippen LogP contribution in [0.3, 0.4) is 0 Å². The smallest absolute Gasteiger partial charge is 0.240 e. The lowest BCUT2D eigenvalue weighted by Gasteiger charge is -2.13. The summed E-state index contributed by atoms with van der Waals surface area (Å²) in [4.78, 5) is 17.4. The predicted octanol–water partition coefficient (Wildman–Crippen LogP) is 5.59. The van der Waals surface area contributed by atoms with Crippen molar-refractivity contribution >= 4 is 5.78 Å². The topological polar surface area (TPSA) is 97.7 Å². The van der Waals surface area contributed by atoms with Gasteiger partial charge in [-0.3, -0.25) is 9.36 Å². The Labute approximate surface area is 199 Å². The van der Waals surface area contributed by atoms with Gasteiger partial charge >= 0.3 is 0 Å². The molecule has 0 saturated heterocycles. The third kappa shape index (κ3) is 3.91. The second-order valence-corrected chi connectivity index (χ2v) is 7.71. The van der Waals surface area contributed by atoms with E-state index in [1.54, 1.807) is 54.7 Å². The third-order valence-corrected chi connectivity index (χ3v) is 5.66. The lowest BCUT2D eigenvalue weighted by Crippen LogP contribution is -2.05. The second-order valence-electron chi connectivity index (χ2n) is 7.71. The summed E-state index contributed by atoms with van der Waals surface area (Å²) < 4.78 is 25.5. The van der Waals surface area contributed by atoms with Gasteiger partial charge in [-0.2, -0.15) is 0 Å². The molecular weight excluding hydrogens is 451 g/mol. The monoisotopic (exact) mass is 470 g/mol. The maximum atomic E-state index is 13.7. The van der Waals surface area contributed by atoms with Crippen LogP contribution in [-0.4, -0.2) is 32.7 Å². The molecule has 0 spiro atoms. The molecule has 174 valence electrons. The largest absolute Gasteiger partial charge is 0.503 e. The number of hydrogen-bond donors (Lipinski definition) is 2. The quantitative estimate of drug-likeness (QED) is 0.314. The number of benzene rings is 3. The maximum Gasteiger partial charge on any atom is 0.240 e. The minimum Gasteiger partial charge on any atom is -0.503 e. The van der Waals surface area contributed by atoms with Crippen molar-refractivity contribution in [3.8, 4) is 45.6 Å². The molecule has 0 bridgehead atoms. The Balaban J connectivity index is 1.70. The van der Waals surface area contributed by atoms with Crippen LogP contribution in [0, 0.1) is 5.82 Å². The molecule has 3 aromatic carbocycles. The molecule has 0 amide bonds. The van der Waals surface area contributed by atoms with Crippen LogP contribution in [0.1, 0.15) is 15.9 Å². The van der Waals surface area contributed by atoms with E-state index in [9.17, 15) is 19.4 Å². The number of carbonyl (C=O) groups excluding carboxylic acids is 1. The fourth-order valence-corrected chi connectivity index (χ4v) is 3.92. The molecule has 0 fully saturated rings. The molecule has 2 N–H and O–H groups in total. The number of hydrogen-bond acceptors (Lipinski definition) is 6. The number of ether oxygens (including phenoxy) is 1. The van der Waals surface area contributed by atoms with Crippen LogP contribution < -0.4 is 4.74 Å². The molecule has 2 heterocycles. The van der Waals surface area contributed by atoms with Crippen LogP contribution in [0.4, 0.5) is 4.39 Å². The van der Waals surface area contributed by atoms with Crippen LogP contribution in [0.2, 0.25) is 0 Å². The molecule has 35 heavy (non-hydrogen) atoms. The fraction of sp³-hybridized carbons (Fsp3) is 0.0370. The van der Waals surface area contributed by atoms with Crippen LogP contribution in [-0.2, 0) is 0 Å². The van der Waals surface area contributed by atoms with Gasteiger partial charge in [0.05, 0.1) is 24.6 Å². The van der Waals surface area contributed by atoms with Crippen molar-refractivity contribution in [2.24, 2.45) is 0 Å². The molecule has 0 radical (unpaired) electrons. The summed E-state index contributed by atoms with van der Waals surface area (Å²) in [6.07, 6.45) is 2.90. The Bertz CT molecular complexity index is 1490. The van der Waals surface area contributed by atoms with Crippen LogP contribution in [0.15, 0.2) is 89.8 Å².